The maximum Gasteiger partial charge on any atom is 0.261 e. The molecule has 1 amide bonds. The lowest BCUT2D eigenvalue weighted by molar-refractivity contribution is -0.128. The second kappa shape index (κ2) is 7.79. The predicted octanol–water partition coefficient (Wildman–Crippen LogP) is 1.83. The van der Waals surface area contributed by atoms with E-state index in [1.165, 1.54) is 0 Å². The maximum absolute atomic E-state index is 12.0. The van der Waals surface area contributed by atoms with Crippen LogP contribution in [0.25, 0.3) is 0 Å². The number of rotatable bonds is 7. The molecule has 0 fully saturated rings. The molecule has 4 heteroatoms. The molecule has 1 N–H and O–H groups in total. The number of amides is 1. The zero-order valence-corrected chi connectivity index (χ0v) is 12.3. The predicted molar refractivity (Wildman–Crippen MR) is 77.4 cm³/mol. The quantitative estimate of drug-likeness (QED) is 0.817. The van der Waals surface area contributed by atoms with Crippen LogP contribution in [0.1, 0.15) is 18.9 Å². The molecule has 0 heterocycles. The van der Waals surface area contributed by atoms with Crippen LogP contribution in [0.15, 0.2) is 24.3 Å². The molecule has 0 unspecified atom stereocenters. The lowest BCUT2D eigenvalue weighted by Crippen LogP contribution is -2.40. The van der Waals surface area contributed by atoms with Gasteiger partial charge in [0, 0.05) is 13.1 Å². The minimum absolute atomic E-state index is 0.0501. The number of aryl methyl sites for hydroxylation is 1. The summed E-state index contributed by atoms with van der Waals surface area (Å²) in [5.74, 6) is 0.695. The summed E-state index contributed by atoms with van der Waals surface area (Å²) in [4.78, 5) is 14.0. The van der Waals surface area contributed by atoms with Gasteiger partial charge < -0.3 is 15.0 Å². The van der Waals surface area contributed by atoms with E-state index in [0.717, 1.165) is 17.9 Å². The summed E-state index contributed by atoms with van der Waals surface area (Å²) in [6.07, 6.45) is 0.228. The van der Waals surface area contributed by atoms with Crippen molar-refractivity contribution in [1.29, 1.82) is 0 Å². The molecule has 4 nitrogen and oxygen atoms in total. The van der Waals surface area contributed by atoms with Crippen LogP contribution in [-0.2, 0) is 4.79 Å². The molecule has 0 aliphatic rings. The lowest BCUT2D eigenvalue weighted by Gasteiger charge is -2.18. The van der Waals surface area contributed by atoms with Crippen molar-refractivity contribution in [3.05, 3.63) is 29.8 Å². The summed E-state index contributed by atoms with van der Waals surface area (Å²) >= 11 is 0. The van der Waals surface area contributed by atoms with Gasteiger partial charge >= 0.3 is 0 Å². The highest BCUT2D eigenvalue weighted by molar-refractivity contribution is 5.81. The van der Waals surface area contributed by atoms with Crippen molar-refractivity contribution >= 4 is 5.91 Å². The second-order valence-electron chi connectivity index (χ2n) is 4.93. The normalized spacial score (nSPS) is 12.3. The van der Waals surface area contributed by atoms with Gasteiger partial charge in [-0.1, -0.05) is 19.1 Å². The molecular formula is C15H24N2O2. The van der Waals surface area contributed by atoms with E-state index in [0.29, 0.717) is 13.0 Å². The summed E-state index contributed by atoms with van der Waals surface area (Å²) in [6, 6.07) is 7.75. The minimum atomic E-state index is -0.427. The summed E-state index contributed by atoms with van der Waals surface area (Å²) < 4.78 is 5.74. The first kappa shape index (κ1) is 15.5. The van der Waals surface area contributed by atoms with Crippen LogP contribution in [0.5, 0.6) is 5.75 Å². The fourth-order valence-corrected chi connectivity index (χ4v) is 1.69. The summed E-state index contributed by atoms with van der Waals surface area (Å²) in [5.41, 5.74) is 1.13. The van der Waals surface area contributed by atoms with Crippen molar-refractivity contribution < 1.29 is 9.53 Å². The van der Waals surface area contributed by atoms with Gasteiger partial charge in [-0.2, -0.15) is 0 Å². The molecule has 0 saturated carbocycles. The van der Waals surface area contributed by atoms with Gasteiger partial charge in [-0.25, -0.2) is 0 Å². The van der Waals surface area contributed by atoms with Crippen LogP contribution in [0.3, 0.4) is 0 Å². The zero-order chi connectivity index (χ0) is 14.3. The fourth-order valence-electron chi connectivity index (χ4n) is 1.69. The van der Waals surface area contributed by atoms with E-state index in [4.69, 9.17) is 4.74 Å². The Morgan fingerprint density at radius 1 is 1.42 bits per heavy atom. The summed E-state index contributed by atoms with van der Waals surface area (Å²) in [7, 11) is 3.96. The van der Waals surface area contributed by atoms with Crippen molar-refractivity contribution in [2.24, 2.45) is 0 Å². The van der Waals surface area contributed by atoms with E-state index in [1.54, 1.807) is 0 Å². The number of benzene rings is 1. The van der Waals surface area contributed by atoms with E-state index in [-0.39, 0.29) is 5.91 Å². The average molecular weight is 264 g/mol. The Balaban J connectivity index is 2.50. The first-order valence-electron chi connectivity index (χ1n) is 6.68. The largest absolute Gasteiger partial charge is 0.481 e. The number of hydrogen-bond acceptors (Lipinski definition) is 3. The minimum Gasteiger partial charge on any atom is -0.481 e. The van der Waals surface area contributed by atoms with Crippen LogP contribution >= 0.6 is 0 Å². The van der Waals surface area contributed by atoms with Crippen molar-refractivity contribution in [3.63, 3.8) is 0 Å². The van der Waals surface area contributed by atoms with Gasteiger partial charge in [0.15, 0.2) is 6.10 Å². The first-order chi connectivity index (χ1) is 9.02. The van der Waals surface area contributed by atoms with Gasteiger partial charge in [0.05, 0.1) is 0 Å². The van der Waals surface area contributed by atoms with Crippen LogP contribution in [0, 0.1) is 6.92 Å². The smallest absolute Gasteiger partial charge is 0.261 e. The molecule has 0 saturated heterocycles. The molecule has 0 aromatic heterocycles. The van der Waals surface area contributed by atoms with Gasteiger partial charge in [-0.3, -0.25) is 4.79 Å². The lowest BCUT2D eigenvalue weighted by atomic mass is 10.2. The molecular weight excluding hydrogens is 240 g/mol. The van der Waals surface area contributed by atoms with E-state index in [1.807, 2.05) is 57.1 Å². The Morgan fingerprint density at radius 3 is 2.74 bits per heavy atom. The summed E-state index contributed by atoms with van der Waals surface area (Å²) in [6.45, 7) is 5.42. The Labute approximate surface area is 115 Å². The molecule has 0 aliphatic carbocycles. The Morgan fingerprint density at radius 2 is 2.16 bits per heavy atom. The molecule has 1 aromatic rings. The third kappa shape index (κ3) is 5.75. The number of carbonyl (C=O) groups is 1. The average Bonchev–Trinajstić information content (AvgIpc) is 2.35. The van der Waals surface area contributed by atoms with E-state index in [2.05, 4.69) is 5.32 Å². The van der Waals surface area contributed by atoms with Crippen molar-refractivity contribution in [2.45, 2.75) is 26.4 Å². The summed E-state index contributed by atoms with van der Waals surface area (Å²) in [5, 5.41) is 2.89. The third-order valence-corrected chi connectivity index (χ3v) is 2.79. The van der Waals surface area contributed by atoms with Crippen molar-refractivity contribution in [3.8, 4) is 5.75 Å². The number of likely N-dealkylation sites (N-methyl/N-ethyl adjacent to an activating group) is 1. The Hall–Kier alpha value is -1.55. The van der Waals surface area contributed by atoms with Gasteiger partial charge in [0.1, 0.15) is 5.75 Å². The molecule has 0 bridgehead atoms. The van der Waals surface area contributed by atoms with E-state index in [9.17, 15) is 4.79 Å². The maximum atomic E-state index is 12.0. The molecule has 0 aliphatic heterocycles. The third-order valence-electron chi connectivity index (χ3n) is 2.79. The highest BCUT2D eigenvalue weighted by Gasteiger charge is 2.17. The van der Waals surface area contributed by atoms with Gasteiger partial charge in [-0.15, -0.1) is 0 Å². The molecule has 106 valence electrons. The highest BCUT2D eigenvalue weighted by atomic mass is 16.5. The van der Waals surface area contributed by atoms with Crippen LogP contribution < -0.4 is 10.1 Å². The zero-order valence-electron chi connectivity index (χ0n) is 12.3. The number of nitrogens with one attached hydrogen (secondary N) is 1. The van der Waals surface area contributed by atoms with Crippen LogP contribution in [0.4, 0.5) is 0 Å². The number of ether oxygens (including phenoxy) is 1. The van der Waals surface area contributed by atoms with Gasteiger partial charge in [0.2, 0.25) is 0 Å². The molecule has 1 aromatic carbocycles. The SMILES string of the molecule is CC[C@@H](Oc1cccc(C)c1)C(=O)NCCN(C)C. The monoisotopic (exact) mass is 264 g/mol. The second-order valence-corrected chi connectivity index (χ2v) is 4.93. The molecule has 0 spiro atoms. The molecule has 1 rings (SSSR count). The van der Waals surface area contributed by atoms with Crippen molar-refractivity contribution in [2.75, 3.05) is 27.2 Å². The van der Waals surface area contributed by atoms with E-state index >= 15 is 0 Å². The fraction of sp³-hybridized carbons (Fsp3) is 0.533. The van der Waals surface area contributed by atoms with E-state index < -0.39 is 6.10 Å². The van der Waals surface area contributed by atoms with Gasteiger partial charge in [-0.05, 0) is 45.1 Å². The molecule has 19 heavy (non-hydrogen) atoms. The highest BCUT2D eigenvalue weighted by Crippen LogP contribution is 2.15. The Kier molecular flexibility index (Phi) is 6.36. The topological polar surface area (TPSA) is 41.6 Å². The number of hydrogen-bond donors (Lipinski definition) is 1. The first-order valence-corrected chi connectivity index (χ1v) is 6.68. The molecule has 1 atom stereocenters. The number of nitrogens with zero attached hydrogens (tertiary/aromatic N) is 1. The van der Waals surface area contributed by atoms with Crippen LogP contribution in [-0.4, -0.2) is 44.1 Å². The molecule has 0 radical (unpaired) electrons. The standard InChI is InChI=1S/C15H24N2O2/c1-5-14(15(18)16-9-10-17(3)4)19-13-8-6-7-12(2)11-13/h6-8,11,14H,5,9-10H2,1-4H3,(H,16,18)/t14-/m1/s1. The van der Waals surface area contributed by atoms with Crippen LogP contribution in [0.2, 0.25) is 0 Å². The Bertz CT molecular complexity index is 405. The number of carbonyl (C=O) groups excluding carboxylic acids is 1. The van der Waals surface area contributed by atoms with Gasteiger partial charge in [0.25, 0.3) is 5.91 Å². The van der Waals surface area contributed by atoms with Crippen molar-refractivity contribution in [1.82, 2.24) is 10.2 Å².